The van der Waals surface area contributed by atoms with Crippen LogP contribution in [0.1, 0.15) is 23.3 Å². The summed E-state index contributed by atoms with van der Waals surface area (Å²) in [6, 6.07) is 6.68. The smallest absolute Gasteiger partial charge is 0.273 e. The maximum Gasteiger partial charge on any atom is 0.273 e. The molecule has 21 heavy (non-hydrogen) atoms. The molecule has 0 N–H and O–H groups in total. The number of pyridine rings is 1. The van der Waals surface area contributed by atoms with Gasteiger partial charge in [0.2, 0.25) is 0 Å². The summed E-state index contributed by atoms with van der Waals surface area (Å²) in [5.41, 5.74) is 2.30. The molecule has 0 radical (unpaired) electrons. The Balaban J connectivity index is 1.55. The molecule has 0 saturated carbocycles. The summed E-state index contributed by atoms with van der Waals surface area (Å²) in [4.78, 5) is 25.5. The summed E-state index contributed by atoms with van der Waals surface area (Å²) >= 11 is 1.47. The lowest BCUT2D eigenvalue weighted by Gasteiger charge is -2.25. The van der Waals surface area contributed by atoms with Crippen LogP contribution in [0.3, 0.4) is 0 Å². The third-order valence-corrected chi connectivity index (χ3v) is 5.02. The highest BCUT2D eigenvalue weighted by Gasteiger charge is 2.45. The predicted octanol–water partition coefficient (Wildman–Crippen LogP) is 2.03. The molecular formula is C15H16N4OS. The molecule has 0 aromatic carbocycles. The summed E-state index contributed by atoms with van der Waals surface area (Å²) in [6.07, 6.45) is 3.85. The quantitative estimate of drug-likeness (QED) is 0.851. The second-order valence-corrected chi connectivity index (χ2v) is 6.18. The molecule has 0 spiro atoms. The van der Waals surface area contributed by atoms with Gasteiger partial charge in [0.1, 0.15) is 11.5 Å². The Morgan fingerprint density at radius 2 is 2.10 bits per heavy atom. The van der Waals surface area contributed by atoms with Crippen LogP contribution in [0.2, 0.25) is 0 Å². The number of hydrogen-bond donors (Lipinski definition) is 0. The summed E-state index contributed by atoms with van der Waals surface area (Å²) < 4.78 is 0. The van der Waals surface area contributed by atoms with E-state index in [1.54, 1.807) is 5.51 Å². The van der Waals surface area contributed by atoms with E-state index in [1.165, 1.54) is 11.3 Å². The van der Waals surface area contributed by atoms with Crippen LogP contribution >= 0.6 is 11.3 Å². The number of likely N-dealkylation sites (tertiary alicyclic amines) is 1. The molecule has 2 fully saturated rings. The van der Waals surface area contributed by atoms with Crippen molar-refractivity contribution in [3.05, 3.63) is 41.0 Å². The molecule has 2 aromatic heterocycles. The van der Waals surface area contributed by atoms with Crippen molar-refractivity contribution in [1.29, 1.82) is 0 Å². The summed E-state index contributed by atoms with van der Waals surface area (Å²) in [5.74, 6) is 1.10. The van der Waals surface area contributed by atoms with E-state index in [2.05, 4.69) is 14.9 Å². The van der Waals surface area contributed by atoms with E-state index < -0.39 is 0 Å². The van der Waals surface area contributed by atoms with Crippen molar-refractivity contribution in [1.82, 2.24) is 14.9 Å². The minimum atomic E-state index is 0.0756. The molecule has 0 aliphatic carbocycles. The van der Waals surface area contributed by atoms with E-state index in [0.29, 0.717) is 17.8 Å². The molecule has 2 atom stereocenters. The fourth-order valence-corrected chi connectivity index (χ4v) is 4.04. The van der Waals surface area contributed by atoms with Gasteiger partial charge in [0.05, 0.1) is 17.6 Å². The Labute approximate surface area is 127 Å². The SMILES string of the molecule is O=C(c1cscn1)N1CC[C@@H]2[C@H]1CCN2c1ccccn1. The largest absolute Gasteiger partial charge is 0.351 e. The second-order valence-electron chi connectivity index (χ2n) is 5.47. The van der Waals surface area contributed by atoms with E-state index >= 15 is 0 Å². The van der Waals surface area contributed by atoms with Crippen molar-refractivity contribution in [2.75, 3.05) is 18.0 Å². The van der Waals surface area contributed by atoms with Gasteiger partial charge >= 0.3 is 0 Å². The van der Waals surface area contributed by atoms with Crippen molar-refractivity contribution < 1.29 is 4.79 Å². The topological polar surface area (TPSA) is 49.3 Å². The molecule has 1 amide bonds. The molecule has 2 aromatic rings. The van der Waals surface area contributed by atoms with E-state index in [0.717, 1.165) is 31.7 Å². The Kier molecular flexibility index (Phi) is 3.11. The van der Waals surface area contributed by atoms with Gasteiger partial charge in [-0.3, -0.25) is 4.79 Å². The van der Waals surface area contributed by atoms with Gasteiger partial charge in [-0.05, 0) is 25.0 Å². The van der Waals surface area contributed by atoms with Gasteiger partial charge in [-0.15, -0.1) is 11.3 Å². The highest BCUT2D eigenvalue weighted by Crippen LogP contribution is 2.34. The van der Waals surface area contributed by atoms with Crippen LogP contribution in [0.15, 0.2) is 35.3 Å². The van der Waals surface area contributed by atoms with Crippen LogP contribution in [-0.4, -0.2) is 45.9 Å². The first-order chi connectivity index (χ1) is 10.3. The van der Waals surface area contributed by atoms with E-state index in [9.17, 15) is 4.79 Å². The van der Waals surface area contributed by atoms with Crippen molar-refractivity contribution in [2.24, 2.45) is 0 Å². The predicted molar refractivity (Wildman–Crippen MR) is 81.5 cm³/mol. The molecule has 108 valence electrons. The van der Waals surface area contributed by atoms with Gasteiger partial charge in [-0.2, -0.15) is 0 Å². The normalized spacial score (nSPS) is 24.4. The Morgan fingerprint density at radius 3 is 2.86 bits per heavy atom. The van der Waals surface area contributed by atoms with Gasteiger partial charge in [0.25, 0.3) is 5.91 Å². The molecule has 2 aliphatic heterocycles. The zero-order valence-electron chi connectivity index (χ0n) is 11.6. The average Bonchev–Trinajstić information content (AvgIpc) is 3.24. The standard InChI is InChI=1S/C15H16N4OS/c20-15(11-9-21-10-17-11)19-8-5-12-13(19)4-7-18(12)14-3-1-2-6-16-14/h1-3,6,9-10,12-13H,4-5,7-8H2/t12-,13-/m1/s1. The van der Waals surface area contributed by atoms with Crippen molar-refractivity contribution in [3.63, 3.8) is 0 Å². The van der Waals surface area contributed by atoms with Gasteiger partial charge < -0.3 is 9.80 Å². The zero-order valence-corrected chi connectivity index (χ0v) is 12.4. The third kappa shape index (κ3) is 2.10. The first-order valence-electron chi connectivity index (χ1n) is 7.21. The number of hydrogen-bond acceptors (Lipinski definition) is 5. The molecule has 2 aliphatic rings. The van der Waals surface area contributed by atoms with Crippen LogP contribution in [0.25, 0.3) is 0 Å². The molecular weight excluding hydrogens is 284 g/mol. The van der Waals surface area contributed by atoms with Crippen LogP contribution < -0.4 is 4.90 Å². The fraction of sp³-hybridized carbons (Fsp3) is 0.400. The summed E-state index contributed by atoms with van der Waals surface area (Å²) in [5, 5.41) is 1.83. The Bertz CT molecular complexity index is 630. The lowest BCUT2D eigenvalue weighted by Crippen LogP contribution is -2.40. The number of anilines is 1. The maximum atomic E-state index is 12.5. The van der Waals surface area contributed by atoms with Crippen LogP contribution in [0, 0.1) is 0 Å². The second kappa shape index (κ2) is 5.11. The zero-order chi connectivity index (χ0) is 14.2. The van der Waals surface area contributed by atoms with Crippen molar-refractivity contribution in [3.8, 4) is 0 Å². The number of nitrogens with zero attached hydrogens (tertiary/aromatic N) is 4. The number of fused-ring (bicyclic) bond motifs is 1. The number of thiazole rings is 1. The molecule has 2 saturated heterocycles. The molecule has 5 nitrogen and oxygen atoms in total. The number of rotatable bonds is 2. The summed E-state index contributed by atoms with van der Waals surface area (Å²) in [6.45, 7) is 1.78. The van der Waals surface area contributed by atoms with Gasteiger partial charge in [0.15, 0.2) is 0 Å². The van der Waals surface area contributed by atoms with Crippen molar-refractivity contribution in [2.45, 2.75) is 24.9 Å². The van der Waals surface area contributed by atoms with Gasteiger partial charge in [0, 0.05) is 24.7 Å². The minimum absolute atomic E-state index is 0.0756. The summed E-state index contributed by atoms with van der Waals surface area (Å²) in [7, 11) is 0. The molecule has 0 bridgehead atoms. The van der Waals surface area contributed by atoms with E-state index in [-0.39, 0.29) is 5.91 Å². The minimum Gasteiger partial charge on any atom is -0.351 e. The third-order valence-electron chi connectivity index (χ3n) is 4.43. The monoisotopic (exact) mass is 300 g/mol. The first-order valence-corrected chi connectivity index (χ1v) is 8.16. The Morgan fingerprint density at radius 1 is 1.19 bits per heavy atom. The fourth-order valence-electron chi connectivity index (χ4n) is 3.51. The molecule has 0 unspecified atom stereocenters. The van der Waals surface area contributed by atoms with Gasteiger partial charge in [-0.1, -0.05) is 6.07 Å². The van der Waals surface area contributed by atoms with Crippen molar-refractivity contribution >= 4 is 23.1 Å². The van der Waals surface area contributed by atoms with Crippen LogP contribution in [0.4, 0.5) is 5.82 Å². The number of aromatic nitrogens is 2. The lowest BCUT2D eigenvalue weighted by atomic mass is 10.1. The molecule has 4 rings (SSSR count). The molecule has 6 heteroatoms. The average molecular weight is 300 g/mol. The number of amides is 1. The number of carbonyl (C=O) groups is 1. The molecule has 4 heterocycles. The van der Waals surface area contributed by atoms with E-state index in [4.69, 9.17) is 0 Å². The first kappa shape index (κ1) is 12.8. The highest BCUT2D eigenvalue weighted by atomic mass is 32.1. The van der Waals surface area contributed by atoms with E-state index in [1.807, 2.05) is 34.7 Å². The number of carbonyl (C=O) groups excluding carboxylic acids is 1. The van der Waals surface area contributed by atoms with Gasteiger partial charge in [-0.25, -0.2) is 9.97 Å². The highest BCUT2D eigenvalue weighted by molar-refractivity contribution is 7.07. The maximum absolute atomic E-state index is 12.5. The Hall–Kier alpha value is -1.95. The van der Waals surface area contributed by atoms with Crippen LogP contribution in [-0.2, 0) is 0 Å². The lowest BCUT2D eigenvalue weighted by molar-refractivity contribution is 0.0732. The van der Waals surface area contributed by atoms with Crippen LogP contribution in [0.5, 0.6) is 0 Å².